The number of aromatic nitrogens is 1. The summed E-state index contributed by atoms with van der Waals surface area (Å²) in [6, 6.07) is 13.8. The second-order valence-electron chi connectivity index (χ2n) is 7.75. The van der Waals surface area contributed by atoms with Crippen LogP contribution in [-0.4, -0.2) is 22.8 Å². The number of halogens is 1. The molecule has 31 heavy (non-hydrogen) atoms. The zero-order valence-electron chi connectivity index (χ0n) is 16.7. The number of nitrogens with one attached hydrogen (secondary N) is 1. The van der Waals surface area contributed by atoms with E-state index in [2.05, 4.69) is 11.4 Å². The Labute approximate surface area is 187 Å². The van der Waals surface area contributed by atoms with Gasteiger partial charge in [0.15, 0.2) is 0 Å². The maximum Gasteiger partial charge on any atom is 0.308 e. The first-order valence-corrected chi connectivity index (χ1v) is 12.0. The lowest BCUT2D eigenvalue weighted by molar-refractivity contribution is -0.116. The Bertz CT molecular complexity index is 1170. The molecule has 0 saturated carbocycles. The van der Waals surface area contributed by atoms with Crippen LogP contribution in [0.5, 0.6) is 5.75 Å². The summed E-state index contributed by atoms with van der Waals surface area (Å²) in [5, 5.41) is 3.80. The zero-order chi connectivity index (χ0) is 21.4. The number of fused-ring (bicyclic) bond motifs is 5. The molecule has 3 heterocycles. The molecule has 0 bridgehead atoms. The molecule has 0 aliphatic carbocycles. The summed E-state index contributed by atoms with van der Waals surface area (Å²) < 4.78 is 20.7. The van der Waals surface area contributed by atoms with Crippen LogP contribution in [0.25, 0.3) is 0 Å². The molecule has 1 N–H and O–H groups in total. The summed E-state index contributed by atoms with van der Waals surface area (Å²) in [6.45, 7) is 1.17. The predicted octanol–water partition coefficient (Wildman–Crippen LogP) is 4.71. The Morgan fingerprint density at radius 2 is 2.00 bits per heavy atom. The number of thiazole rings is 1. The molecule has 0 spiro atoms. The standard InChI is InChI=1S/C23H21FN2O3S2/c24-15-7-9-16(10-8-15)25-19(27)6-3-11-26-22-21(31-23(26)28)20-14(13-30-22)12-29-18-5-2-1-4-17(18)20/h1-2,4-5,7-10,14,20H,3,6,11-13H2,(H,25,27). The number of hydrogen-bond donors (Lipinski definition) is 1. The van der Waals surface area contributed by atoms with Gasteiger partial charge in [0, 0.05) is 46.7 Å². The second-order valence-corrected chi connectivity index (χ2v) is 9.75. The van der Waals surface area contributed by atoms with E-state index in [9.17, 15) is 14.0 Å². The Morgan fingerprint density at radius 3 is 2.84 bits per heavy atom. The van der Waals surface area contributed by atoms with E-state index in [0.717, 1.165) is 27.0 Å². The quantitative estimate of drug-likeness (QED) is 0.604. The van der Waals surface area contributed by atoms with Gasteiger partial charge in [0.2, 0.25) is 5.91 Å². The van der Waals surface area contributed by atoms with Crippen molar-refractivity contribution in [2.45, 2.75) is 30.3 Å². The molecular weight excluding hydrogens is 435 g/mol. The van der Waals surface area contributed by atoms with Crippen LogP contribution in [0.1, 0.15) is 29.2 Å². The van der Waals surface area contributed by atoms with Crippen molar-refractivity contribution in [2.24, 2.45) is 5.92 Å². The fourth-order valence-electron chi connectivity index (χ4n) is 4.20. The van der Waals surface area contributed by atoms with Crippen molar-refractivity contribution < 1.29 is 13.9 Å². The highest BCUT2D eigenvalue weighted by Crippen LogP contribution is 2.50. The van der Waals surface area contributed by atoms with E-state index < -0.39 is 0 Å². The monoisotopic (exact) mass is 456 g/mol. The molecule has 2 atom stereocenters. The van der Waals surface area contributed by atoms with E-state index in [1.807, 2.05) is 22.8 Å². The summed E-state index contributed by atoms with van der Waals surface area (Å²) in [7, 11) is 0. The number of carbonyl (C=O) groups excluding carboxylic acids is 1. The summed E-state index contributed by atoms with van der Waals surface area (Å²) >= 11 is 3.04. The first-order chi connectivity index (χ1) is 15.1. The van der Waals surface area contributed by atoms with Crippen LogP contribution in [0.3, 0.4) is 0 Å². The van der Waals surface area contributed by atoms with Crippen molar-refractivity contribution in [2.75, 3.05) is 17.7 Å². The number of benzene rings is 2. The second kappa shape index (κ2) is 8.51. The van der Waals surface area contributed by atoms with Crippen molar-refractivity contribution in [3.8, 4) is 5.75 Å². The van der Waals surface area contributed by atoms with E-state index >= 15 is 0 Å². The molecule has 1 amide bonds. The van der Waals surface area contributed by atoms with Crippen LogP contribution in [-0.2, 0) is 11.3 Å². The first-order valence-electron chi connectivity index (χ1n) is 10.2. The fourth-order valence-corrected chi connectivity index (χ4v) is 6.95. The van der Waals surface area contributed by atoms with Crippen LogP contribution in [0.4, 0.5) is 10.1 Å². The number of nitrogens with zero attached hydrogens (tertiary/aromatic N) is 1. The van der Waals surface area contributed by atoms with E-state index in [1.54, 1.807) is 11.8 Å². The van der Waals surface area contributed by atoms with Crippen LogP contribution < -0.4 is 14.9 Å². The van der Waals surface area contributed by atoms with Gasteiger partial charge in [-0.1, -0.05) is 29.5 Å². The summed E-state index contributed by atoms with van der Waals surface area (Å²) in [5.74, 6) is 1.89. The first kappa shape index (κ1) is 20.3. The molecule has 5 rings (SSSR count). The Hall–Kier alpha value is -2.58. The lowest BCUT2D eigenvalue weighted by Gasteiger charge is -2.36. The highest BCUT2D eigenvalue weighted by Gasteiger charge is 2.39. The van der Waals surface area contributed by atoms with Crippen LogP contribution in [0, 0.1) is 11.7 Å². The van der Waals surface area contributed by atoms with Crippen molar-refractivity contribution in [3.63, 3.8) is 0 Å². The molecule has 160 valence electrons. The van der Waals surface area contributed by atoms with Crippen LogP contribution >= 0.6 is 23.1 Å². The van der Waals surface area contributed by atoms with Gasteiger partial charge >= 0.3 is 4.87 Å². The summed E-state index contributed by atoms with van der Waals surface area (Å²) in [5.41, 5.74) is 1.73. The Balaban J connectivity index is 1.29. The van der Waals surface area contributed by atoms with E-state index in [0.29, 0.717) is 37.6 Å². The number of rotatable bonds is 5. The van der Waals surface area contributed by atoms with Gasteiger partial charge in [0.25, 0.3) is 0 Å². The van der Waals surface area contributed by atoms with Gasteiger partial charge in [-0.3, -0.25) is 14.2 Å². The maximum atomic E-state index is 13.0. The zero-order valence-corrected chi connectivity index (χ0v) is 18.3. The smallest absolute Gasteiger partial charge is 0.308 e. The minimum Gasteiger partial charge on any atom is -0.493 e. The van der Waals surface area contributed by atoms with Gasteiger partial charge < -0.3 is 10.1 Å². The molecular formula is C23H21FN2O3S2. The summed E-state index contributed by atoms with van der Waals surface area (Å²) in [4.78, 5) is 26.2. The SMILES string of the molecule is O=C(CCCn1c2c(sc1=O)C1c3ccccc3OCC1CS2)Nc1ccc(F)cc1. The van der Waals surface area contributed by atoms with Crippen LogP contribution in [0.2, 0.25) is 0 Å². The van der Waals surface area contributed by atoms with E-state index in [4.69, 9.17) is 4.74 Å². The number of ether oxygens (including phenoxy) is 1. The number of amides is 1. The molecule has 1 aromatic heterocycles. The van der Waals surface area contributed by atoms with Gasteiger partial charge in [-0.2, -0.15) is 0 Å². The maximum absolute atomic E-state index is 13.0. The molecule has 0 saturated heterocycles. The van der Waals surface area contributed by atoms with Gasteiger partial charge in [0.1, 0.15) is 11.6 Å². The molecule has 2 aliphatic heterocycles. The van der Waals surface area contributed by atoms with Crippen molar-refractivity contribution >= 4 is 34.7 Å². The third-order valence-electron chi connectivity index (χ3n) is 5.68. The highest BCUT2D eigenvalue weighted by molar-refractivity contribution is 7.99. The van der Waals surface area contributed by atoms with Crippen molar-refractivity contribution in [1.29, 1.82) is 0 Å². The fraction of sp³-hybridized carbons (Fsp3) is 0.304. The summed E-state index contributed by atoms with van der Waals surface area (Å²) in [6.07, 6.45) is 0.853. The molecule has 5 nitrogen and oxygen atoms in total. The van der Waals surface area contributed by atoms with E-state index in [1.165, 1.54) is 35.6 Å². The Morgan fingerprint density at radius 1 is 1.19 bits per heavy atom. The molecule has 8 heteroatoms. The largest absolute Gasteiger partial charge is 0.493 e. The molecule has 0 radical (unpaired) electrons. The van der Waals surface area contributed by atoms with Crippen LogP contribution in [0.15, 0.2) is 58.4 Å². The third-order valence-corrected chi connectivity index (χ3v) is 8.18. The number of thioether (sulfide) groups is 1. The Kier molecular flexibility index (Phi) is 5.58. The molecule has 2 unspecified atom stereocenters. The lowest BCUT2D eigenvalue weighted by atomic mass is 9.84. The molecule has 2 aliphatic rings. The molecule has 3 aromatic rings. The average Bonchev–Trinajstić information content (AvgIpc) is 3.10. The topological polar surface area (TPSA) is 60.3 Å². The highest BCUT2D eigenvalue weighted by atomic mass is 32.2. The third kappa shape index (κ3) is 4.02. The minimum atomic E-state index is -0.341. The van der Waals surface area contributed by atoms with Gasteiger partial charge in [0.05, 0.1) is 11.6 Å². The van der Waals surface area contributed by atoms with E-state index in [-0.39, 0.29) is 22.5 Å². The average molecular weight is 457 g/mol. The number of carbonyl (C=O) groups is 1. The number of hydrogen-bond acceptors (Lipinski definition) is 5. The minimum absolute atomic E-state index is 0.0288. The van der Waals surface area contributed by atoms with Gasteiger partial charge in [-0.05, 0) is 36.8 Å². The number of anilines is 1. The van der Waals surface area contributed by atoms with Gasteiger partial charge in [-0.25, -0.2) is 4.39 Å². The molecule has 2 aromatic carbocycles. The normalized spacial score (nSPS) is 19.0. The predicted molar refractivity (Wildman–Crippen MR) is 121 cm³/mol. The molecule has 0 fully saturated rings. The van der Waals surface area contributed by atoms with Crippen molar-refractivity contribution in [3.05, 3.63) is 74.5 Å². The van der Waals surface area contributed by atoms with Crippen molar-refractivity contribution in [1.82, 2.24) is 4.57 Å². The number of para-hydroxylation sites is 1. The lowest BCUT2D eigenvalue weighted by Crippen LogP contribution is -2.31. The van der Waals surface area contributed by atoms with Gasteiger partial charge in [-0.15, -0.1) is 11.8 Å².